The zero-order chi connectivity index (χ0) is 17.7. The van der Waals surface area contributed by atoms with E-state index in [1.807, 2.05) is 39.0 Å². The van der Waals surface area contributed by atoms with Gasteiger partial charge in [0.1, 0.15) is 5.60 Å². The van der Waals surface area contributed by atoms with Gasteiger partial charge in [0.15, 0.2) is 0 Å². The largest absolute Gasteiger partial charge is 0.444 e. The van der Waals surface area contributed by atoms with Gasteiger partial charge < -0.3 is 14.5 Å². The molecule has 1 aromatic rings. The van der Waals surface area contributed by atoms with Crippen molar-refractivity contribution in [1.82, 2.24) is 4.90 Å². The van der Waals surface area contributed by atoms with Crippen LogP contribution in [0, 0.1) is 0 Å². The summed E-state index contributed by atoms with van der Waals surface area (Å²) < 4.78 is 5.32. The number of thiocarbonyl (C=S) groups is 1. The summed E-state index contributed by atoms with van der Waals surface area (Å²) in [7, 11) is 2.12. The summed E-state index contributed by atoms with van der Waals surface area (Å²) in [6.45, 7) is 9.37. The van der Waals surface area contributed by atoms with E-state index in [9.17, 15) is 4.79 Å². The van der Waals surface area contributed by atoms with Crippen molar-refractivity contribution in [2.75, 3.05) is 43.4 Å². The van der Waals surface area contributed by atoms with Gasteiger partial charge >= 0.3 is 6.09 Å². The summed E-state index contributed by atoms with van der Waals surface area (Å²) in [5.41, 5.74) is 1.61. The zero-order valence-corrected chi connectivity index (χ0v) is 15.4. The summed E-state index contributed by atoms with van der Waals surface area (Å²) >= 11 is 4.69. The topological polar surface area (TPSA) is 57.2 Å². The van der Waals surface area contributed by atoms with E-state index in [4.69, 9.17) is 4.74 Å². The molecule has 1 heterocycles. The minimum absolute atomic E-state index is 0.515. The lowest BCUT2D eigenvalue weighted by Gasteiger charge is -2.34. The number of hydrogen-bond donors (Lipinski definition) is 1. The second-order valence-corrected chi connectivity index (χ2v) is 7.00. The molecule has 0 saturated carbocycles. The van der Waals surface area contributed by atoms with Crippen molar-refractivity contribution < 1.29 is 9.53 Å². The Morgan fingerprint density at radius 3 is 2.54 bits per heavy atom. The molecule has 1 aliphatic rings. The molecule has 1 aliphatic heterocycles. The van der Waals surface area contributed by atoms with Gasteiger partial charge in [-0.05, 0) is 58.2 Å². The van der Waals surface area contributed by atoms with Crippen molar-refractivity contribution in [3.05, 3.63) is 18.2 Å². The van der Waals surface area contributed by atoms with E-state index in [2.05, 4.69) is 44.5 Å². The summed E-state index contributed by atoms with van der Waals surface area (Å²) in [6, 6.07) is 5.72. The fourth-order valence-electron chi connectivity index (χ4n) is 2.45. The molecule has 1 saturated heterocycles. The van der Waals surface area contributed by atoms with Crippen LogP contribution in [0.5, 0.6) is 0 Å². The molecule has 24 heavy (non-hydrogen) atoms. The highest BCUT2D eigenvalue weighted by Crippen LogP contribution is 2.31. The van der Waals surface area contributed by atoms with E-state index >= 15 is 0 Å². The molecule has 0 unspecified atom stereocenters. The van der Waals surface area contributed by atoms with Crippen LogP contribution in [-0.2, 0) is 4.74 Å². The molecule has 6 nitrogen and oxygen atoms in total. The number of carbonyl (C=O) groups excluding carboxylic acids is 1. The van der Waals surface area contributed by atoms with Gasteiger partial charge in [-0.1, -0.05) is 0 Å². The monoisotopic (exact) mass is 348 g/mol. The lowest BCUT2D eigenvalue weighted by molar-refractivity contribution is 0.0636. The molecule has 130 valence electrons. The Morgan fingerprint density at radius 2 is 1.96 bits per heavy atom. The first-order valence-electron chi connectivity index (χ1n) is 7.94. The van der Waals surface area contributed by atoms with Crippen LogP contribution in [0.1, 0.15) is 20.8 Å². The first-order valence-corrected chi connectivity index (χ1v) is 8.35. The quantitative estimate of drug-likeness (QED) is 0.669. The standard InChI is InChI=1S/C17H24N4O2S/c1-17(2,3)23-16(22)19-15-11-13(5-6-14(15)18-12-24)21-9-7-20(4)8-10-21/h5-6,11H,7-10H2,1-4H3,(H,19,22). The highest BCUT2D eigenvalue weighted by Gasteiger charge is 2.19. The van der Waals surface area contributed by atoms with Crippen molar-refractivity contribution in [1.29, 1.82) is 0 Å². The average Bonchev–Trinajstić information content (AvgIpc) is 2.48. The minimum Gasteiger partial charge on any atom is -0.444 e. The molecule has 0 aliphatic carbocycles. The number of carbonyl (C=O) groups is 1. The van der Waals surface area contributed by atoms with Gasteiger partial charge in [0, 0.05) is 31.9 Å². The number of ether oxygens (including phenoxy) is 1. The Kier molecular flexibility index (Phi) is 5.94. The molecule has 0 spiro atoms. The number of piperazine rings is 1. The summed E-state index contributed by atoms with van der Waals surface area (Å²) in [5, 5.41) is 5.11. The predicted octanol–water partition coefficient (Wildman–Crippen LogP) is 3.52. The van der Waals surface area contributed by atoms with Crippen LogP contribution < -0.4 is 10.2 Å². The number of likely N-dealkylation sites (N-methyl/N-ethyl adjacent to an activating group) is 1. The molecule has 0 atom stereocenters. The third-order valence-corrected chi connectivity index (χ3v) is 3.74. The van der Waals surface area contributed by atoms with Gasteiger partial charge in [0.2, 0.25) is 0 Å². The van der Waals surface area contributed by atoms with Crippen molar-refractivity contribution >= 4 is 40.5 Å². The van der Waals surface area contributed by atoms with E-state index in [1.54, 1.807) is 0 Å². The third kappa shape index (κ3) is 5.30. The molecular formula is C17H24N4O2S. The smallest absolute Gasteiger partial charge is 0.412 e. The van der Waals surface area contributed by atoms with E-state index in [0.717, 1.165) is 31.9 Å². The molecule has 1 amide bonds. The third-order valence-electron chi connectivity index (χ3n) is 3.65. The highest BCUT2D eigenvalue weighted by atomic mass is 32.1. The Bertz CT molecular complexity index is 642. The SMILES string of the molecule is CN1CCN(c2ccc(N=C=S)c(NC(=O)OC(C)(C)C)c2)CC1. The number of nitrogens with one attached hydrogen (secondary N) is 1. The molecule has 1 N–H and O–H groups in total. The number of rotatable bonds is 3. The van der Waals surface area contributed by atoms with Crippen LogP contribution in [0.25, 0.3) is 0 Å². The average molecular weight is 348 g/mol. The van der Waals surface area contributed by atoms with E-state index in [0.29, 0.717) is 11.4 Å². The van der Waals surface area contributed by atoms with Crippen molar-refractivity contribution in [2.24, 2.45) is 4.99 Å². The predicted molar refractivity (Wildman–Crippen MR) is 101 cm³/mol. The Morgan fingerprint density at radius 1 is 1.29 bits per heavy atom. The number of anilines is 2. The van der Waals surface area contributed by atoms with Crippen molar-refractivity contribution in [3.63, 3.8) is 0 Å². The highest BCUT2D eigenvalue weighted by molar-refractivity contribution is 7.78. The number of hydrogen-bond acceptors (Lipinski definition) is 6. The zero-order valence-electron chi connectivity index (χ0n) is 14.6. The van der Waals surface area contributed by atoms with Crippen LogP contribution in [0.3, 0.4) is 0 Å². The fraction of sp³-hybridized carbons (Fsp3) is 0.529. The Hall–Kier alpha value is -1.95. The van der Waals surface area contributed by atoms with Crippen LogP contribution in [0.15, 0.2) is 23.2 Å². The second kappa shape index (κ2) is 7.75. The van der Waals surface area contributed by atoms with Crippen LogP contribution >= 0.6 is 12.2 Å². The molecule has 1 aromatic carbocycles. The van der Waals surface area contributed by atoms with E-state index in [-0.39, 0.29) is 0 Å². The second-order valence-electron chi connectivity index (χ2n) is 6.82. The van der Waals surface area contributed by atoms with Gasteiger partial charge in [-0.15, -0.1) is 0 Å². The first-order chi connectivity index (χ1) is 11.3. The number of amides is 1. The Labute approximate surface area is 148 Å². The fourth-order valence-corrected chi connectivity index (χ4v) is 2.54. The lowest BCUT2D eigenvalue weighted by Crippen LogP contribution is -2.44. The summed E-state index contributed by atoms with van der Waals surface area (Å²) in [5.74, 6) is 0. The van der Waals surface area contributed by atoms with Gasteiger partial charge in [-0.3, -0.25) is 5.32 Å². The summed E-state index contributed by atoms with van der Waals surface area (Å²) in [6.07, 6.45) is -0.515. The number of aliphatic imine (C=N–C) groups is 1. The van der Waals surface area contributed by atoms with E-state index in [1.165, 1.54) is 0 Å². The van der Waals surface area contributed by atoms with Gasteiger partial charge in [0.05, 0.1) is 16.5 Å². The van der Waals surface area contributed by atoms with Crippen LogP contribution in [0.2, 0.25) is 0 Å². The van der Waals surface area contributed by atoms with E-state index < -0.39 is 11.7 Å². The maximum absolute atomic E-state index is 12.1. The molecule has 2 rings (SSSR count). The number of benzene rings is 1. The van der Waals surface area contributed by atoms with Gasteiger partial charge in [0.25, 0.3) is 0 Å². The van der Waals surface area contributed by atoms with Crippen LogP contribution in [0.4, 0.5) is 21.9 Å². The molecule has 1 fully saturated rings. The minimum atomic E-state index is -0.563. The van der Waals surface area contributed by atoms with Crippen molar-refractivity contribution in [2.45, 2.75) is 26.4 Å². The molecule has 0 radical (unpaired) electrons. The van der Waals surface area contributed by atoms with Crippen LogP contribution in [-0.4, -0.2) is 55.0 Å². The van der Waals surface area contributed by atoms with Crippen molar-refractivity contribution in [3.8, 4) is 0 Å². The number of isothiocyanates is 1. The Balaban J connectivity index is 2.21. The first kappa shape index (κ1) is 18.4. The number of nitrogens with zero attached hydrogens (tertiary/aromatic N) is 3. The van der Waals surface area contributed by atoms with Gasteiger partial charge in [-0.25, -0.2) is 4.79 Å². The lowest BCUT2D eigenvalue weighted by atomic mass is 10.2. The van der Waals surface area contributed by atoms with Gasteiger partial charge in [-0.2, -0.15) is 4.99 Å². The molecule has 0 bridgehead atoms. The molecular weight excluding hydrogens is 324 g/mol. The normalized spacial score (nSPS) is 15.6. The maximum Gasteiger partial charge on any atom is 0.412 e. The molecule has 7 heteroatoms. The maximum atomic E-state index is 12.1. The molecule has 0 aromatic heterocycles. The summed E-state index contributed by atoms with van der Waals surface area (Å²) in [4.78, 5) is 20.7.